The van der Waals surface area contributed by atoms with Gasteiger partial charge in [0.05, 0.1) is 6.61 Å². The van der Waals surface area contributed by atoms with Crippen LogP contribution in [0.25, 0.3) is 0 Å². The number of hydrogen-bond acceptors (Lipinski definition) is 3. The zero-order valence-electron chi connectivity index (χ0n) is 11.7. The smallest absolute Gasteiger partial charge is 0.314 e. The van der Waals surface area contributed by atoms with E-state index in [1.165, 1.54) is 0 Å². The van der Waals surface area contributed by atoms with Crippen molar-refractivity contribution in [1.82, 2.24) is 10.6 Å². The predicted molar refractivity (Wildman–Crippen MR) is 81.0 cm³/mol. The minimum Gasteiger partial charge on any atom is -0.392 e. The zero-order valence-corrected chi connectivity index (χ0v) is 12.5. The van der Waals surface area contributed by atoms with Gasteiger partial charge in [0.1, 0.15) is 0 Å². The number of carbonyl (C=O) groups excluding carboxylic acids is 1. The van der Waals surface area contributed by atoms with Crippen molar-refractivity contribution in [2.75, 3.05) is 25.1 Å². The van der Waals surface area contributed by atoms with E-state index in [-0.39, 0.29) is 12.6 Å². The first-order valence-electron chi connectivity index (χ1n) is 6.62. The first kappa shape index (κ1) is 16.7. The Morgan fingerprint density at radius 1 is 1.15 bits per heavy atom. The van der Waals surface area contributed by atoms with Crippen LogP contribution in [0, 0.1) is 0 Å². The monoisotopic (exact) mass is 298 g/mol. The minimum absolute atomic E-state index is 0.0451. The van der Waals surface area contributed by atoms with Crippen molar-refractivity contribution < 1.29 is 14.1 Å². The standard InChI is InChI=1S/C14H22N2O3S/c1-20(19)10-2-8-15-14(18)16-9-7-12-3-5-13(11-17)6-4-12/h3-6,17H,2,7-11H2,1H3,(H2,15,16,18). The van der Waals surface area contributed by atoms with Gasteiger partial charge in [0.15, 0.2) is 0 Å². The molecule has 0 heterocycles. The second-order valence-corrected chi connectivity index (χ2v) is 6.09. The fourth-order valence-electron chi connectivity index (χ4n) is 1.67. The summed E-state index contributed by atoms with van der Waals surface area (Å²) in [5, 5.41) is 14.4. The number of aliphatic hydroxyl groups is 1. The summed E-state index contributed by atoms with van der Waals surface area (Å²) in [4.78, 5) is 11.4. The van der Waals surface area contributed by atoms with Crippen LogP contribution in [-0.2, 0) is 23.8 Å². The third-order valence-electron chi connectivity index (χ3n) is 2.80. The van der Waals surface area contributed by atoms with Crippen LogP contribution >= 0.6 is 0 Å². The summed E-state index contributed by atoms with van der Waals surface area (Å²) in [6, 6.07) is 7.45. The summed E-state index contributed by atoms with van der Waals surface area (Å²) >= 11 is 0. The van der Waals surface area contributed by atoms with Crippen molar-refractivity contribution in [3.8, 4) is 0 Å². The molecule has 0 aromatic heterocycles. The first-order valence-corrected chi connectivity index (χ1v) is 8.35. The number of carbonyl (C=O) groups is 1. The largest absolute Gasteiger partial charge is 0.392 e. The van der Waals surface area contributed by atoms with Gasteiger partial charge in [0, 0.05) is 35.9 Å². The van der Waals surface area contributed by atoms with E-state index in [9.17, 15) is 9.00 Å². The van der Waals surface area contributed by atoms with Gasteiger partial charge in [-0.05, 0) is 24.0 Å². The summed E-state index contributed by atoms with van der Waals surface area (Å²) in [6.45, 7) is 1.14. The van der Waals surface area contributed by atoms with Gasteiger partial charge in [0.2, 0.25) is 0 Å². The lowest BCUT2D eigenvalue weighted by Crippen LogP contribution is -2.37. The molecule has 3 N–H and O–H groups in total. The van der Waals surface area contributed by atoms with E-state index in [0.717, 1.165) is 24.0 Å². The molecule has 5 nitrogen and oxygen atoms in total. The minimum atomic E-state index is -0.803. The molecule has 0 aliphatic carbocycles. The molecule has 20 heavy (non-hydrogen) atoms. The Balaban J connectivity index is 2.13. The Hall–Kier alpha value is -1.40. The van der Waals surface area contributed by atoms with Crippen molar-refractivity contribution in [2.45, 2.75) is 19.4 Å². The van der Waals surface area contributed by atoms with E-state index < -0.39 is 10.8 Å². The van der Waals surface area contributed by atoms with Crippen molar-refractivity contribution in [3.63, 3.8) is 0 Å². The molecule has 1 rings (SSSR count). The van der Waals surface area contributed by atoms with Crippen molar-refractivity contribution in [1.29, 1.82) is 0 Å². The highest BCUT2D eigenvalue weighted by atomic mass is 32.2. The molecular formula is C14H22N2O3S. The quantitative estimate of drug-likeness (QED) is 0.621. The average Bonchev–Trinajstić information content (AvgIpc) is 2.44. The van der Waals surface area contributed by atoms with E-state index in [1.54, 1.807) is 6.26 Å². The second kappa shape index (κ2) is 9.50. The molecule has 1 unspecified atom stereocenters. The van der Waals surface area contributed by atoms with E-state index in [2.05, 4.69) is 10.6 Å². The molecular weight excluding hydrogens is 276 g/mol. The summed E-state index contributed by atoms with van der Waals surface area (Å²) in [6.07, 6.45) is 3.12. The Kier molecular flexibility index (Phi) is 7.91. The molecule has 0 bridgehead atoms. The fraction of sp³-hybridized carbons (Fsp3) is 0.500. The summed E-state index contributed by atoms with van der Waals surface area (Å²) in [5.41, 5.74) is 2.00. The number of nitrogens with one attached hydrogen (secondary N) is 2. The number of rotatable bonds is 8. The van der Waals surface area contributed by atoms with Gasteiger partial charge in [-0.25, -0.2) is 4.79 Å². The lowest BCUT2D eigenvalue weighted by atomic mass is 10.1. The maximum atomic E-state index is 11.4. The number of hydrogen-bond donors (Lipinski definition) is 3. The van der Waals surface area contributed by atoms with Crippen molar-refractivity contribution in [2.24, 2.45) is 0 Å². The van der Waals surface area contributed by atoms with Gasteiger partial charge in [-0.1, -0.05) is 24.3 Å². The molecule has 0 aliphatic rings. The van der Waals surface area contributed by atoms with E-state index in [4.69, 9.17) is 5.11 Å². The number of aliphatic hydroxyl groups excluding tert-OH is 1. The van der Waals surface area contributed by atoms with Gasteiger partial charge < -0.3 is 15.7 Å². The highest BCUT2D eigenvalue weighted by molar-refractivity contribution is 7.84. The van der Waals surface area contributed by atoms with Crippen molar-refractivity contribution >= 4 is 16.8 Å². The van der Waals surface area contributed by atoms with Gasteiger partial charge in [-0.15, -0.1) is 0 Å². The van der Waals surface area contributed by atoms with Crippen LogP contribution in [-0.4, -0.2) is 40.4 Å². The Labute approximate surface area is 122 Å². The molecule has 112 valence electrons. The molecule has 0 saturated carbocycles. The number of urea groups is 1. The maximum Gasteiger partial charge on any atom is 0.314 e. The van der Waals surface area contributed by atoms with Crippen LogP contribution in [0.15, 0.2) is 24.3 Å². The molecule has 0 spiro atoms. The van der Waals surface area contributed by atoms with Gasteiger partial charge >= 0.3 is 6.03 Å². The molecule has 1 aromatic carbocycles. The van der Waals surface area contributed by atoms with E-state index in [1.807, 2.05) is 24.3 Å². The molecule has 2 amide bonds. The average molecular weight is 298 g/mol. The maximum absolute atomic E-state index is 11.4. The van der Waals surface area contributed by atoms with Crippen LogP contribution in [0.2, 0.25) is 0 Å². The molecule has 1 aromatic rings. The summed E-state index contributed by atoms with van der Waals surface area (Å²) in [7, 11) is -0.803. The van der Waals surface area contributed by atoms with E-state index >= 15 is 0 Å². The molecule has 6 heteroatoms. The van der Waals surface area contributed by atoms with E-state index in [0.29, 0.717) is 18.8 Å². The van der Waals surface area contributed by atoms with Crippen LogP contribution in [0.1, 0.15) is 17.5 Å². The van der Waals surface area contributed by atoms with Crippen molar-refractivity contribution in [3.05, 3.63) is 35.4 Å². The van der Waals surface area contributed by atoms with Gasteiger partial charge in [0.25, 0.3) is 0 Å². The van der Waals surface area contributed by atoms with Crippen LogP contribution in [0.4, 0.5) is 4.79 Å². The van der Waals surface area contributed by atoms with Crippen LogP contribution in [0.3, 0.4) is 0 Å². The lowest BCUT2D eigenvalue weighted by Gasteiger charge is -2.07. The predicted octanol–water partition coefficient (Wildman–Crippen LogP) is 0.789. The number of amides is 2. The SMILES string of the molecule is CS(=O)CCCNC(=O)NCCc1ccc(CO)cc1. The second-order valence-electron chi connectivity index (χ2n) is 4.54. The highest BCUT2D eigenvalue weighted by Crippen LogP contribution is 2.04. The Morgan fingerprint density at radius 2 is 1.75 bits per heavy atom. The first-order chi connectivity index (χ1) is 9.61. The molecule has 0 saturated heterocycles. The van der Waals surface area contributed by atoms with Gasteiger partial charge in [-0.2, -0.15) is 0 Å². The topological polar surface area (TPSA) is 78.4 Å². The fourth-order valence-corrected chi connectivity index (χ4v) is 2.22. The summed E-state index contributed by atoms with van der Waals surface area (Å²) in [5.74, 6) is 0.609. The number of benzene rings is 1. The highest BCUT2D eigenvalue weighted by Gasteiger charge is 2.00. The molecule has 0 fully saturated rings. The summed E-state index contributed by atoms with van der Waals surface area (Å²) < 4.78 is 10.8. The Morgan fingerprint density at radius 3 is 2.35 bits per heavy atom. The lowest BCUT2D eigenvalue weighted by molar-refractivity contribution is 0.241. The third-order valence-corrected chi connectivity index (χ3v) is 3.66. The Bertz CT molecular complexity index is 435. The zero-order chi connectivity index (χ0) is 14.8. The third kappa shape index (κ3) is 7.25. The normalized spacial score (nSPS) is 11.9. The molecule has 1 atom stereocenters. The van der Waals surface area contributed by atoms with Crippen LogP contribution < -0.4 is 10.6 Å². The molecule has 0 radical (unpaired) electrons. The van der Waals surface area contributed by atoms with Gasteiger partial charge in [-0.3, -0.25) is 4.21 Å². The van der Waals surface area contributed by atoms with Crippen LogP contribution in [0.5, 0.6) is 0 Å². The molecule has 0 aliphatic heterocycles.